The Hall–Kier alpha value is -2.25. The third kappa shape index (κ3) is 3.94. The van der Waals surface area contributed by atoms with E-state index in [9.17, 15) is 9.59 Å². The van der Waals surface area contributed by atoms with Crippen LogP contribution in [-0.4, -0.2) is 16.9 Å². The van der Waals surface area contributed by atoms with Gasteiger partial charge in [-0.15, -0.1) is 11.3 Å². The summed E-state index contributed by atoms with van der Waals surface area (Å²) in [6.45, 7) is 5.66. The molecule has 23 heavy (non-hydrogen) atoms. The van der Waals surface area contributed by atoms with Crippen molar-refractivity contribution >= 4 is 45.5 Å². The molecule has 120 valence electrons. The second-order valence-electron chi connectivity index (χ2n) is 5.13. The smallest absolute Gasteiger partial charge is 0.257 e. The summed E-state index contributed by atoms with van der Waals surface area (Å²) in [5, 5.41) is 6.15. The van der Waals surface area contributed by atoms with E-state index in [0.717, 1.165) is 16.0 Å². The fraction of sp³-hybridized carbons (Fsp3) is 0.188. The lowest BCUT2D eigenvalue weighted by Gasteiger charge is -2.09. The minimum Gasteiger partial charge on any atom is -0.365 e. The number of aryl methyl sites for hydroxylation is 2. The monoisotopic (exact) mass is 347 g/mol. The summed E-state index contributed by atoms with van der Waals surface area (Å²) in [4.78, 5) is 24.7. The van der Waals surface area contributed by atoms with Gasteiger partial charge in [0.2, 0.25) is 0 Å². The summed E-state index contributed by atoms with van der Waals surface area (Å²) in [5.74, 6) is -0.838. The summed E-state index contributed by atoms with van der Waals surface area (Å²) < 4.78 is 0. The Bertz CT molecular complexity index is 779. The van der Waals surface area contributed by atoms with E-state index in [0.29, 0.717) is 16.1 Å². The fourth-order valence-electron chi connectivity index (χ4n) is 2.03. The van der Waals surface area contributed by atoms with Crippen LogP contribution in [0.4, 0.5) is 5.00 Å². The highest BCUT2D eigenvalue weighted by molar-refractivity contribution is 7.80. The van der Waals surface area contributed by atoms with Gasteiger partial charge in [0.25, 0.3) is 11.8 Å². The van der Waals surface area contributed by atoms with E-state index in [1.54, 1.807) is 12.1 Å². The maximum Gasteiger partial charge on any atom is 0.257 e. The van der Waals surface area contributed by atoms with Gasteiger partial charge in [0.05, 0.1) is 5.56 Å². The lowest BCUT2D eigenvalue weighted by atomic mass is 10.1. The second kappa shape index (κ2) is 6.89. The van der Waals surface area contributed by atoms with Gasteiger partial charge in [-0.25, -0.2) is 0 Å². The summed E-state index contributed by atoms with van der Waals surface area (Å²) in [6.07, 6.45) is 0. The zero-order chi connectivity index (χ0) is 17.1. The van der Waals surface area contributed by atoms with Crippen LogP contribution >= 0.6 is 23.6 Å². The zero-order valence-electron chi connectivity index (χ0n) is 13.0. The molecule has 1 heterocycles. The molecule has 0 radical (unpaired) electrons. The van der Waals surface area contributed by atoms with Gasteiger partial charge >= 0.3 is 0 Å². The molecule has 1 aromatic carbocycles. The summed E-state index contributed by atoms with van der Waals surface area (Å²) >= 11 is 6.52. The van der Waals surface area contributed by atoms with Crippen LogP contribution in [0.2, 0.25) is 0 Å². The molecule has 1 aromatic heterocycles. The van der Waals surface area contributed by atoms with Crippen molar-refractivity contribution in [1.82, 2.24) is 5.32 Å². The number of nitrogens with two attached hydrogens (primary N) is 1. The predicted molar refractivity (Wildman–Crippen MR) is 97.2 cm³/mol. The first-order valence-electron chi connectivity index (χ1n) is 6.88. The number of hydrogen-bond acceptors (Lipinski definition) is 4. The summed E-state index contributed by atoms with van der Waals surface area (Å²) in [7, 11) is 0. The number of thiocarbonyl (C=S) groups is 1. The molecule has 0 aliphatic rings. The molecule has 0 saturated carbocycles. The van der Waals surface area contributed by atoms with E-state index in [4.69, 9.17) is 18.0 Å². The van der Waals surface area contributed by atoms with Gasteiger partial charge in [-0.2, -0.15) is 0 Å². The molecule has 0 spiro atoms. The molecule has 4 N–H and O–H groups in total. The molecule has 0 aliphatic heterocycles. The molecule has 0 bridgehead atoms. The van der Waals surface area contributed by atoms with E-state index in [1.165, 1.54) is 11.3 Å². The standard InChI is InChI=1S/C16H17N3O2S2/c1-8-4-6-11(7-5-8)14(21)18-16(22)19-15-12(13(17)20)9(2)10(3)23-15/h4-7H,1-3H3,(H2,17,20)(H2,18,19,21,22). The van der Waals surface area contributed by atoms with Crippen LogP contribution < -0.4 is 16.4 Å². The van der Waals surface area contributed by atoms with Gasteiger partial charge < -0.3 is 11.1 Å². The number of amides is 2. The lowest BCUT2D eigenvalue weighted by Crippen LogP contribution is -2.34. The van der Waals surface area contributed by atoms with E-state index in [2.05, 4.69) is 10.6 Å². The average Bonchev–Trinajstić information content (AvgIpc) is 2.74. The Morgan fingerprint density at radius 1 is 1.13 bits per heavy atom. The van der Waals surface area contributed by atoms with Crippen molar-refractivity contribution in [2.45, 2.75) is 20.8 Å². The summed E-state index contributed by atoms with van der Waals surface area (Å²) in [5.41, 5.74) is 8.20. The van der Waals surface area contributed by atoms with Crippen molar-refractivity contribution in [3.8, 4) is 0 Å². The van der Waals surface area contributed by atoms with Crippen LogP contribution in [0.5, 0.6) is 0 Å². The second-order valence-corrected chi connectivity index (χ2v) is 6.76. The Kier molecular flexibility index (Phi) is 5.12. The predicted octanol–water partition coefficient (Wildman–Crippen LogP) is 2.90. The van der Waals surface area contributed by atoms with Crippen molar-refractivity contribution in [2.75, 3.05) is 5.32 Å². The van der Waals surface area contributed by atoms with Gasteiger partial charge in [-0.05, 0) is 50.7 Å². The highest BCUT2D eigenvalue weighted by atomic mass is 32.1. The van der Waals surface area contributed by atoms with Crippen LogP contribution in [0.25, 0.3) is 0 Å². The lowest BCUT2D eigenvalue weighted by molar-refractivity contribution is 0.0975. The van der Waals surface area contributed by atoms with Crippen molar-refractivity contribution in [1.29, 1.82) is 0 Å². The Morgan fingerprint density at radius 3 is 2.30 bits per heavy atom. The first kappa shape index (κ1) is 17.1. The highest BCUT2D eigenvalue weighted by Crippen LogP contribution is 2.31. The molecule has 2 amide bonds. The normalized spacial score (nSPS) is 10.2. The number of hydrogen-bond donors (Lipinski definition) is 3. The first-order chi connectivity index (χ1) is 10.8. The van der Waals surface area contributed by atoms with Gasteiger partial charge in [0.1, 0.15) is 5.00 Å². The summed E-state index contributed by atoms with van der Waals surface area (Å²) in [6, 6.07) is 7.15. The Morgan fingerprint density at radius 2 is 1.74 bits per heavy atom. The molecule has 0 fully saturated rings. The minimum atomic E-state index is -0.526. The van der Waals surface area contributed by atoms with Crippen molar-refractivity contribution < 1.29 is 9.59 Å². The fourth-order valence-corrected chi connectivity index (χ4v) is 3.36. The van der Waals surface area contributed by atoms with Crippen molar-refractivity contribution in [2.24, 2.45) is 5.73 Å². The quantitative estimate of drug-likeness (QED) is 0.746. The van der Waals surface area contributed by atoms with E-state index in [-0.39, 0.29) is 11.0 Å². The number of rotatable bonds is 3. The third-order valence-electron chi connectivity index (χ3n) is 3.40. The average molecular weight is 347 g/mol. The maximum atomic E-state index is 12.1. The van der Waals surface area contributed by atoms with Gasteiger partial charge in [-0.3, -0.25) is 14.9 Å². The van der Waals surface area contributed by atoms with E-state index in [1.807, 2.05) is 32.9 Å². The number of primary amides is 1. The molecule has 5 nitrogen and oxygen atoms in total. The molecule has 0 atom stereocenters. The molecular formula is C16H17N3O2S2. The van der Waals surface area contributed by atoms with E-state index < -0.39 is 5.91 Å². The Balaban J connectivity index is 2.11. The molecule has 7 heteroatoms. The van der Waals surface area contributed by atoms with Gasteiger partial charge in [0, 0.05) is 10.4 Å². The van der Waals surface area contributed by atoms with Gasteiger partial charge in [-0.1, -0.05) is 17.7 Å². The topological polar surface area (TPSA) is 84.2 Å². The third-order valence-corrected chi connectivity index (χ3v) is 4.73. The van der Waals surface area contributed by atoms with Crippen molar-refractivity contribution in [3.63, 3.8) is 0 Å². The van der Waals surface area contributed by atoms with Crippen LogP contribution in [-0.2, 0) is 0 Å². The van der Waals surface area contributed by atoms with Crippen LogP contribution in [0.3, 0.4) is 0 Å². The van der Waals surface area contributed by atoms with Crippen molar-refractivity contribution in [3.05, 3.63) is 51.4 Å². The molecule has 2 rings (SSSR count). The largest absolute Gasteiger partial charge is 0.365 e. The molecule has 0 aliphatic carbocycles. The van der Waals surface area contributed by atoms with Crippen LogP contribution in [0.1, 0.15) is 36.7 Å². The molecular weight excluding hydrogens is 330 g/mol. The van der Waals surface area contributed by atoms with E-state index >= 15 is 0 Å². The maximum absolute atomic E-state index is 12.1. The Labute approximate surface area is 143 Å². The van der Waals surface area contributed by atoms with Gasteiger partial charge in [0.15, 0.2) is 5.11 Å². The van der Waals surface area contributed by atoms with Crippen LogP contribution in [0, 0.1) is 20.8 Å². The number of nitrogens with one attached hydrogen (secondary N) is 2. The SMILES string of the molecule is Cc1ccc(C(=O)NC(=S)Nc2sc(C)c(C)c2C(N)=O)cc1. The molecule has 0 saturated heterocycles. The highest BCUT2D eigenvalue weighted by Gasteiger charge is 2.18. The number of thiophene rings is 1. The zero-order valence-corrected chi connectivity index (χ0v) is 14.7. The number of anilines is 1. The number of carbonyl (C=O) groups excluding carboxylic acids is 2. The number of carbonyl (C=O) groups is 2. The molecule has 2 aromatic rings. The first-order valence-corrected chi connectivity index (χ1v) is 8.11. The molecule has 0 unspecified atom stereocenters. The van der Waals surface area contributed by atoms with Crippen LogP contribution in [0.15, 0.2) is 24.3 Å². The minimum absolute atomic E-state index is 0.124. The number of benzene rings is 1.